The van der Waals surface area contributed by atoms with Crippen LogP contribution in [0.4, 0.5) is 0 Å². The largest absolute Gasteiger partial charge is 0.368 e. The first-order valence-corrected chi connectivity index (χ1v) is 6.16. The Morgan fingerprint density at radius 2 is 1.82 bits per heavy atom. The van der Waals surface area contributed by atoms with Crippen LogP contribution in [-0.4, -0.2) is 11.9 Å². The van der Waals surface area contributed by atoms with Gasteiger partial charge in [0.15, 0.2) is 0 Å². The summed E-state index contributed by atoms with van der Waals surface area (Å²) in [6.07, 6.45) is 0. The van der Waals surface area contributed by atoms with E-state index in [1.54, 1.807) is 19.1 Å². The highest BCUT2D eigenvalue weighted by atomic mass is 35.5. The summed E-state index contributed by atoms with van der Waals surface area (Å²) in [5.41, 5.74) is 5.95. The summed E-state index contributed by atoms with van der Waals surface area (Å²) < 4.78 is 0. The van der Waals surface area contributed by atoms with Gasteiger partial charge in [0.05, 0.1) is 21.1 Å². The summed E-state index contributed by atoms with van der Waals surface area (Å²) >= 11 is 17.9. The van der Waals surface area contributed by atoms with Crippen LogP contribution in [-0.2, 0) is 4.79 Å². The van der Waals surface area contributed by atoms with Gasteiger partial charge in [-0.2, -0.15) is 0 Å². The third kappa shape index (κ3) is 3.49. The second-order valence-corrected chi connectivity index (χ2v) is 4.94. The van der Waals surface area contributed by atoms with Gasteiger partial charge < -0.3 is 5.73 Å². The molecule has 0 saturated heterocycles. The number of hydrogen-bond donors (Lipinski definition) is 2. The molecule has 94 valence electrons. The molecule has 0 aromatic heterocycles. The molecule has 2 atom stereocenters. The van der Waals surface area contributed by atoms with Crippen LogP contribution in [0.1, 0.15) is 25.5 Å². The average molecular weight is 296 g/mol. The van der Waals surface area contributed by atoms with Gasteiger partial charge in [0, 0.05) is 6.04 Å². The minimum absolute atomic E-state index is 0.153. The number of benzene rings is 1. The average Bonchev–Trinajstić information content (AvgIpc) is 2.25. The predicted octanol–water partition coefficient (Wildman–Crippen LogP) is 3.17. The number of carbonyl (C=O) groups excluding carboxylic acids is 1. The molecular formula is C11H13Cl3N2O. The number of nitrogens with two attached hydrogens (primary N) is 1. The lowest BCUT2D eigenvalue weighted by Crippen LogP contribution is -2.40. The van der Waals surface area contributed by atoms with Crippen molar-refractivity contribution in [2.75, 3.05) is 0 Å². The highest BCUT2D eigenvalue weighted by Gasteiger charge is 2.17. The van der Waals surface area contributed by atoms with Crippen molar-refractivity contribution in [3.8, 4) is 0 Å². The molecule has 0 aliphatic rings. The lowest BCUT2D eigenvalue weighted by atomic mass is 10.1. The Labute approximate surface area is 115 Å². The number of hydrogen-bond acceptors (Lipinski definition) is 2. The Morgan fingerprint density at radius 3 is 2.35 bits per heavy atom. The molecule has 0 heterocycles. The lowest BCUT2D eigenvalue weighted by molar-refractivity contribution is -0.119. The van der Waals surface area contributed by atoms with Gasteiger partial charge in [0.1, 0.15) is 0 Å². The molecule has 2 unspecified atom stereocenters. The van der Waals surface area contributed by atoms with Gasteiger partial charge >= 0.3 is 0 Å². The summed E-state index contributed by atoms with van der Waals surface area (Å²) in [6.45, 7) is 3.55. The van der Waals surface area contributed by atoms with Crippen molar-refractivity contribution in [3.63, 3.8) is 0 Å². The third-order valence-corrected chi connectivity index (χ3v) is 3.77. The van der Waals surface area contributed by atoms with Gasteiger partial charge in [-0.05, 0) is 25.5 Å². The number of primary amides is 1. The second kappa shape index (κ2) is 5.91. The van der Waals surface area contributed by atoms with Crippen molar-refractivity contribution in [2.45, 2.75) is 25.9 Å². The Bertz CT molecular complexity index is 437. The smallest absolute Gasteiger partial charge is 0.234 e. The van der Waals surface area contributed by atoms with Crippen molar-refractivity contribution in [2.24, 2.45) is 5.73 Å². The van der Waals surface area contributed by atoms with Crippen molar-refractivity contribution >= 4 is 40.7 Å². The fourth-order valence-corrected chi connectivity index (χ4v) is 2.13. The van der Waals surface area contributed by atoms with Crippen LogP contribution in [0.25, 0.3) is 0 Å². The normalized spacial score (nSPS) is 14.4. The molecule has 1 aromatic rings. The molecule has 0 aliphatic carbocycles. The first kappa shape index (κ1) is 14.6. The summed E-state index contributed by atoms with van der Waals surface area (Å²) in [4.78, 5) is 11.0. The van der Waals surface area contributed by atoms with E-state index < -0.39 is 11.9 Å². The highest BCUT2D eigenvalue weighted by Crippen LogP contribution is 2.35. The van der Waals surface area contributed by atoms with Gasteiger partial charge in [-0.25, -0.2) is 0 Å². The molecule has 0 aliphatic heterocycles. The Kier molecular flexibility index (Phi) is 5.07. The van der Waals surface area contributed by atoms with Crippen molar-refractivity contribution in [3.05, 3.63) is 32.8 Å². The van der Waals surface area contributed by atoms with Crippen LogP contribution in [0.3, 0.4) is 0 Å². The molecule has 1 rings (SSSR count). The summed E-state index contributed by atoms with van der Waals surface area (Å²) in [7, 11) is 0. The first-order valence-electron chi connectivity index (χ1n) is 5.03. The van der Waals surface area contributed by atoms with Crippen molar-refractivity contribution < 1.29 is 4.79 Å². The molecule has 1 amide bonds. The van der Waals surface area contributed by atoms with E-state index in [2.05, 4.69) is 5.32 Å². The molecule has 17 heavy (non-hydrogen) atoms. The van der Waals surface area contributed by atoms with E-state index >= 15 is 0 Å². The van der Waals surface area contributed by atoms with E-state index in [1.807, 2.05) is 6.92 Å². The maximum absolute atomic E-state index is 11.0. The number of amides is 1. The number of rotatable bonds is 4. The summed E-state index contributed by atoms with van der Waals surface area (Å²) in [5, 5.41) is 4.12. The SMILES string of the molecule is CC(NC(C)c1ccc(Cl)c(Cl)c1Cl)C(N)=O. The molecule has 0 spiro atoms. The van der Waals surface area contributed by atoms with E-state index in [9.17, 15) is 4.79 Å². The van der Waals surface area contributed by atoms with Crippen molar-refractivity contribution in [1.29, 1.82) is 0 Å². The van der Waals surface area contributed by atoms with Crippen LogP contribution in [0.15, 0.2) is 12.1 Å². The van der Waals surface area contributed by atoms with Crippen molar-refractivity contribution in [1.82, 2.24) is 5.32 Å². The van der Waals surface area contributed by atoms with Crippen LogP contribution in [0.2, 0.25) is 15.1 Å². The Hall–Kier alpha value is -0.480. The van der Waals surface area contributed by atoms with Crippen LogP contribution < -0.4 is 11.1 Å². The monoisotopic (exact) mass is 294 g/mol. The molecule has 3 N–H and O–H groups in total. The fraction of sp³-hybridized carbons (Fsp3) is 0.364. The molecular weight excluding hydrogens is 282 g/mol. The lowest BCUT2D eigenvalue weighted by Gasteiger charge is -2.19. The molecule has 0 radical (unpaired) electrons. The Morgan fingerprint density at radius 1 is 1.24 bits per heavy atom. The zero-order chi connectivity index (χ0) is 13.2. The van der Waals surface area contributed by atoms with E-state index in [1.165, 1.54) is 0 Å². The molecule has 0 fully saturated rings. The predicted molar refractivity (Wildman–Crippen MR) is 71.7 cm³/mol. The van der Waals surface area contributed by atoms with E-state index in [4.69, 9.17) is 40.5 Å². The van der Waals surface area contributed by atoms with Crippen LogP contribution in [0.5, 0.6) is 0 Å². The molecule has 1 aromatic carbocycles. The molecule has 0 saturated carbocycles. The molecule has 6 heteroatoms. The van der Waals surface area contributed by atoms with Gasteiger partial charge in [0.25, 0.3) is 0 Å². The standard InChI is InChI=1S/C11H13Cl3N2O/c1-5(16-6(2)11(15)17)7-3-4-8(12)10(14)9(7)13/h3-6,16H,1-2H3,(H2,15,17). The molecule has 0 bridgehead atoms. The van der Waals surface area contributed by atoms with Gasteiger partial charge in [-0.1, -0.05) is 40.9 Å². The van der Waals surface area contributed by atoms with Gasteiger partial charge in [-0.3, -0.25) is 10.1 Å². The minimum Gasteiger partial charge on any atom is -0.368 e. The first-order chi connectivity index (χ1) is 7.84. The zero-order valence-corrected chi connectivity index (χ0v) is 11.7. The number of nitrogens with one attached hydrogen (secondary N) is 1. The maximum Gasteiger partial charge on any atom is 0.234 e. The van der Waals surface area contributed by atoms with Crippen LogP contribution >= 0.6 is 34.8 Å². The van der Waals surface area contributed by atoms with Gasteiger partial charge in [0.2, 0.25) is 5.91 Å². The second-order valence-electron chi connectivity index (χ2n) is 3.78. The van der Waals surface area contributed by atoms with E-state index in [0.717, 1.165) is 5.56 Å². The fourth-order valence-electron chi connectivity index (χ4n) is 1.42. The van der Waals surface area contributed by atoms with Crippen LogP contribution in [0, 0.1) is 0 Å². The molecule has 3 nitrogen and oxygen atoms in total. The topological polar surface area (TPSA) is 55.1 Å². The van der Waals surface area contributed by atoms with E-state index in [-0.39, 0.29) is 6.04 Å². The maximum atomic E-state index is 11.0. The van der Waals surface area contributed by atoms with Gasteiger partial charge in [-0.15, -0.1) is 0 Å². The number of carbonyl (C=O) groups is 1. The zero-order valence-electron chi connectivity index (χ0n) is 9.43. The highest BCUT2D eigenvalue weighted by molar-refractivity contribution is 6.48. The third-order valence-electron chi connectivity index (χ3n) is 2.46. The Balaban J connectivity index is 2.93. The summed E-state index contributed by atoms with van der Waals surface area (Å²) in [6, 6.07) is 2.83. The number of halogens is 3. The quantitative estimate of drug-likeness (QED) is 0.838. The summed E-state index contributed by atoms with van der Waals surface area (Å²) in [5.74, 6) is -0.423. The van der Waals surface area contributed by atoms with E-state index in [0.29, 0.717) is 15.1 Å². The minimum atomic E-state index is -0.449.